The summed E-state index contributed by atoms with van der Waals surface area (Å²) in [4.78, 5) is 30.4. The van der Waals surface area contributed by atoms with E-state index in [-0.39, 0.29) is 16.9 Å². The van der Waals surface area contributed by atoms with Crippen LogP contribution < -0.4 is 11.2 Å². The average molecular weight is 250 g/mol. The highest BCUT2D eigenvalue weighted by Crippen LogP contribution is 2.05. The number of rotatable bonds is 3. The minimum Gasteiger partial charge on any atom is -0.367 e. The van der Waals surface area contributed by atoms with Crippen molar-refractivity contribution in [1.29, 1.82) is 0 Å². The van der Waals surface area contributed by atoms with E-state index in [2.05, 4.69) is 9.88 Å². The predicted molar refractivity (Wildman–Crippen MR) is 68.5 cm³/mol. The van der Waals surface area contributed by atoms with Gasteiger partial charge in [0.2, 0.25) is 0 Å². The van der Waals surface area contributed by atoms with Crippen molar-refractivity contribution in [2.24, 2.45) is 5.73 Å². The first kappa shape index (κ1) is 12.8. The van der Waals surface area contributed by atoms with E-state index in [1.54, 1.807) is 4.90 Å². The molecule has 18 heavy (non-hydrogen) atoms. The molecule has 1 amide bonds. The summed E-state index contributed by atoms with van der Waals surface area (Å²) < 4.78 is 0. The van der Waals surface area contributed by atoms with E-state index in [0.29, 0.717) is 19.6 Å². The van der Waals surface area contributed by atoms with E-state index in [1.807, 2.05) is 0 Å². The Labute approximate surface area is 105 Å². The molecule has 6 heteroatoms. The van der Waals surface area contributed by atoms with Crippen molar-refractivity contribution in [3.8, 4) is 0 Å². The zero-order valence-corrected chi connectivity index (χ0v) is 10.3. The van der Waals surface area contributed by atoms with E-state index in [0.717, 1.165) is 19.6 Å². The van der Waals surface area contributed by atoms with Crippen LogP contribution in [0.4, 0.5) is 0 Å². The third kappa shape index (κ3) is 2.77. The van der Waals surface area contributed by atoms with E-state index in [1.165, 1.54) is 18.5 Å². The molecular formula is C12H18N4O2. The number of nitrogens with zero attached hydrogens (tertiary/aromatic N) is 2. The number of piperazine rings is 1. The van der Waals surface area contributed by atoms with Gasteiger partial charge in [0.1, 0.15) is 5.56 Å². The number of nitrogens with two attached hydrogens (primary N) is 1. The molecular weight excluding hydrogens is 232 g/mol. The highest BCUT2D eigenvalue weighted by atomic mass is 16.2. The van der Waals surface area contributed by atoms with Gasteiger partial charge in [0.05, 0.1) is 0 Å². The molecule has 0 spiro atoms. The minimum absolute atomic E-state index is 0.191. The maximum Gasteiger partial charge on any atom is 0.259 e. The number of hydrogen-bond acceptors (Lipinski definition) is 4. The number of nitrogens with one attached hydrogen (secondary N) is 1. The van der Waals surface area contributed by atoms with Crippen molar-refractivity contribution in [1.82, 2.24) is 14.8 Å². The summed E-state index contributed by atoms with van der Waals surface area (Å²) >= 11 is 0. The molecule has 0 aliphatic carbocycles. The summed E-state index contributed by atoms with van der Waals surface area (Å²) in [5.41, 5.74) is 5.48. The first-order chi connectivity index (χ1) is 8.72. The summed E-state index contributed by atoms with van der Waals surface area (Å²) in [7, 11) is 0. The summed E-state index contributed by atoms with van der Waals surface area (Å²) in [6.45, 7) is 4.40. The quantitative estimate of drug-likeness (QED) is 0.727. The number of carbonyl (C=O) groups excluding carboxylic acids is 1. The van der Waals surface area contributed by atoms with Gasteiger partial charge in [-0.2, -0.15) is 0 Å². The predicted octanol–water partition coefficient (Wildman–Crippen LogP) is -0.909. The van der Waals surface area contributed by atoms with Crippen molar-refractivity contribution in [2.75, 3.05) is 39.3 Å². The highest BCUT2D eigenvalue weighted by Gasteiger charge is 2.22. The molecule has 1 aromatic rings. The van der Waals surface area contributed by atoms with E-state index >= 15 is 0 Å². The maximum atomic E-state index is 12.1. The highest BCUT2D eigenvalue weighted by molar-refractivity contribution is 5.93. The molecule has 2 heterocycles. The normalized spacial score (nSPS) is 16.8. The SMILES string of the molecule is NCCN1CCN(C(=O)c2c[nH]ccc2=O)CC1. The molecule has 6 nitrogen and oxygen atoms in total. The zero-order valence-electron chi connectivity index (χ0n) is 10.3. The lowest BCUT2D eigenvalue weighted by Gasteiger charge is -2.34. The van der Waals surface area contributed by atoms with Gasteiger partial charge in [-0.15, -0.1) is 0 Å². The molecule has 1 aromatic heterocycles. The Morgan fingerprint density at radius 3 is 2.67 bits per heavy atom. The minimum atomic E-state index is -0.233. The van der Waals surface area contributed by atoms with E-state index in [9.17, 15) is 9.59 Å². The van der Waals surface area contributed by atoms with Crippen LogP contribution in [0.25, 0.3) is 0 Å². The van der Waals surface area contributed by atoms with Crippen molar-refractivity contribution >= 4 is 5.91 Å². The molecule has 3 N–H and O–H groups in total. The number of pyridine rings is 1. The van der Waals surface area contributed by atoms with Crippen molar-refractivity contribution < 1.29 is 4.79 Å². The number of hydrogen-bond donors (Lipinski definition) is 2. The zero-order chi connectivity index (χ0) is 13.0. The van der Waals surface area contributed by atoms with Gasteiger partial charge in [-0.3, -0.25) is 14.5 Å². The van der Waals surface area contributed by atoms with Crippen LogP contribution in [-0.2, 0) is 0 Å². The van der Waals surface area contributed by atoms with Gasteiger partial charge in [-0.25, -0.2) is 0 Å². The Kier molecular flexibility index (Phi) is 4.11. The summed E-state index contributed by atoms with van der Waals surface area (Å²) in [6.07, 6.45) is 3.00. The molecule has 1 fully saturated rings. The molecule has 1 aliphatic rings. The maximum absolute atomic E-state index is 12.1. The van der Waals surface area contributed by atoms with Crippen LogP contribution in [0.15, 0.2) is 23.3 Å². The largest absolute Gasteiger partial charge is 0.367 e. The smallest absolute Gasteiger partial charge is 0.259 e. The van der Waals surface area contributed by atoms with Crippen LogP contribution >= 0.6 is 0 Å². The van der Waals surface area contributed by atoms with Crippen molar-refractivity contribution in [2.45, 2.75) is 0 Å². The second-order valence-electron chi connectivity index (χ2n) is 4.34. The van der Waals surface area contributed by atoms with Gasteiger partial charge in [0, 0.05) is 57.7 Å². The number of H-pyrrole nitrogens is 1. The molecule has 2 rings (SSSR count). The Morgan fingerprint density at radius 1 is 1.33 bits per heavy atom. The molecule has 0 radical (unpaired) electrons. The fourth-order valence-corrected chi connectivity index (χ4v) is 2.11. The lowest BCUT2D eigenvalue weighted by molar-refractivity contribution is 0.0639. The number of carbonyl (C=O) groups is 1. The standard InChI is InChI=1S/C12H18N4O2/c13-2-4-15-5-7-16(8-6-15)12(18)10-9-14-3-1-11(10)17/h1,3,9H,2,4-8,13H2,(H,14,17). The number of aromatic amines is 1. The first-order valence-electron chi connectivity index (χ1n) is 6.11. The van der Waals surface area contributed by atoms with Gasteiger partial charge < -0.3 is 15.6 Å². The third-order valence-corrected chi connectivity index (χ3v) is 3.16. The van der Waals surface area contributed by atoms with E-state index < -0.39 is 0 Å². The first-order valence-corrected chi connectivity index (χ1v) is 6.11. The summed E-state index contributed by atoms with van der Waals surface area (Å²) in [5.74, 6) is -0.191. The lowest BCUT2D eigenvalue weighted by atomic mass is 10.2. The fraction of sp³-hybridized carbons (Fsp3) is 0.500. The molecule has 98 valence electrons. The monoisotopic (exact) mass is 250 g/mol. The Balaban J connectivity index is 2.00. The fourth-order valence-electron chi connectivity index (χ4n) is 2.11. The molecule has 0 unspecified atom stereocenters. The topological polar surface area (TPSA) is 82.4 Å². The molecule has 0 saturated carbocycles. The number of amides is 1. The molecule has 0 aromatic carbocycles. The Morgan fingerprint density at radius 2 is 2.06 bits per heavy atom. The third-order valence-electron chi connectivity index (χ3n) is 3.16. The molecule has 0 bridgehead atoms. The van der Waals surface area contributed by atoms with Gasteiger partial charge in [0.15, 0.2) is 5.43 Å². The molecule has 1 saturated heterocycles. The van der Waals surface area contributed by atoms with Gasteiger partial charge in [-0.1, -0.05) is 0 Å². The molecule has 0 atom stereocenters. The van der Waals surface area contributed by atoms with Crippen LogP contribution in [0.5, 0.6) is 0 Å². The van der Waals surface area contributed by atoms with Crippen LogP contribution in [0.2, 0.25) is 0 Å². The van der Waals surface area contributed by atoms with Gasteiger partial charge in [-0.05, 0) is 0 Å². The Hall–Kier alpha value is -1.66. The van der Waals surface area contributed by atoms with Crippen LogP contribution in [-0.4, -0.2) is 60.0 Å². The number of aromatic nitrogens is 1. The van der Waals surface area contributed by atoms with Crippen LogP contribution in [0, 0.1) is 0 Å². The second-order valence-corrected chi connectivity index (χ2v) is 4.34. The van der Waals surface area contributed by atoms with Crippen molar-refractivity contribution in [3.63, 3.8) is 0 Å². The van der Waals surface area contributed by atoms with Crippen molar-refractivity contribution in [3.05, 3.63) is 34.2 Å². The average Bonchev–Trinajstić information content (AvgIpc) is 2.40. The lowest BCUT2D eigenvalue weighted by Crippen LogP contribution is -2.50. The summed E-state index contributed by atoms with van der Waals surface area (Å²) in [6, 6.07) is 1.37. The van der Waals surface area contributed by atoms with Gasteiger partial charge >= 0.3 is 0 Å². The summed E-state index contributed by atoms with van der Waals surface area (Å²) in [5, 5.41) is 0. The van der Waals surface area contributed by atoms with Crippen LogP contribution in [0.3, 0.4) is 0 Å². The van der Waals surface area contributed by atoms with Gasteiger partial charge in [0.25, 0.3) is 5.91 Å². The molecule has 1 aliphatic heterocycles. The Bertz CT molecular complexity index is 463. The van der Waals surface area contributed by atoms with E-state index in [4.69, 9.17) is 5.73 Å². The van der Waals surface area contributed by atoms with Crippen LogP contribution in [0.1, 0.15) is 10.4 Å². The second kappa shape index (κ2) is 5.79.